The van der Waals surface area contributed by atoms with E-state index in [1.54, 1.807) is 36.4 Å². The molecule has 1 fully saturated rings. The first-order valence-corrected chi connectivity index (χ1v) is 17.0. The number of nitrogens with zero attached hydrogens (tertiary/aromatic N) is 3. The summed E-state index contributed by atoms with van der Waals surface area (Å²) in [5.74, 6) is -3.11. The highest BCUT2D eigenvalue weighted by Gasteiger charge is 2.45. The fourth-order valence-electron chi connectivity index (χ4n) is 5.30. The fourth-order valence-corrected chi connectivity index (χ4v) is 5.43. The number of benzene rings is 3. The van der Waals surface area contributed by atoms with Gasteiger partial charge in [0, 0.05) is 35.8 Å². The Morgan fingerprint density at radius 2 is 1.63 bits per heavy atom. The van der Waals surface area contributed by atoms with Gasteiger partial charge in [0.15, 0.2) is 6.61 Å². The van der Waals surface area contributed by atoms with Gasteiger partial charge in [0.05, 0.1) is 12.6 Å². The second-order valence-electron chi connectivity index (χ2n) is 12.3. The average Bonchev–Trinajstić information content (AvgIpc) is 3.93. The van der Waals surface area contributed by atoms with Crippen LogP contribution >= 0.6 is 11.6 Å². The average molecular weight is 769 g/mol. The quantitative estimate of drug-likeness (QED) is 0.0753. The van der Waals surface area contributed by atoms with E-state index in [2.05, 4.69) is 36.2 Å². The third kappa shape index (κ3) is 11.1. The SMILES string of the molecule is COC(=O)[C@H](CCNC(=O)C(=O)Cc1cccc(CN)c1)NC(=O)c1ccc(Nc2nc(NC3(c4ccc(Cl)cc4)CC3)nc(OCC(F)(F)F)n2)cc1. The molecular weight excluding hydrogens is 733 g/mol. The van der Waals surface area contributed by atoms with Crippen molar-refractivity contribution >= 4 is 52.8 Å². The minimum absolute atomic E-state index is 0.0279. The summed E-state index contributed by atoms with van der Waals surface area (Å²) in [7, 11) is 1.14. The fraction of sp³-hybridized carbons (Fsp3) is 0.306. The van der Waals surface area contributed by atoms with Crippen LogP contribution in [0.15, 0.2) is 72.8 Å². The number of methoxy groups -OCH3 is 1. The van der Waals surface area contributed by atoms with E-state index in [-0.39, 0.29) is 43.4 Å². The molecule has 0 unspecified atom stereocenters. The molecule has 1 heterocycles. The molecule has 1 atom stereocenters. The van der Waals surface area contributed by atoms with E-state index in [1.165, 1.54) is 24.3 Å². The number of ketones is 1. The first-order valence-electron chi connectivity index (χ1n) is 16.6. The van der Waals surface area contributed by atoms with Crippen molar-refractivity contribution in [2.45, 2.75) is 50.0 Å². The summed E-state index contributed by atoms with van der Waals surface area (Å²) < 4.78 is 48.5. The number of rotatable bonds is 17. The van der Waals surface area contributed by atoms with Crippen molar-refractivity contribution in [3.63, 3.8) is 0 Å². The topological polar surface area (TPSA) is 200 Å². The number of nitrogens with one attached hydrogen (secondary N) is 4. The van der Waals surface area contributed by atoms with Crippen molar-refractivity contribution in [3.05, 3.63) is 100 Å². The van der Waals surface area contributed by atoms with Crippen molar-refractivity contribution in [2.75, 3.05) is 30.9 Å². The molecule has 284 valence electrons. The Bertz CT molecular complexity index is 1980. The van der Waals surface area contributed by atoms with Crippen molar-refractivity contribution in [1.29, 1.82) is 0 Å². The third-order valence-corrected chi connectivity index (χ3v) is 8.49. The van der Waals surface area contributed by atoms with Crippen LogP contribution in [0.2, 0.25) is 5.02 Å². The van der Waals surface area contributed by atoms with Gasteiger partial charge in [0.25, 0.3) is 11.8 Å². The Balaban J connectivity index is 1.20. The summed E-state index contributed by atoms with van der Waals surface area (Å²) in [6.07, 6.45) is -3.42. The summed E-state index contributed by atoms with van der Waals surface area (Å²) in [6.45, 7) is -1.45. The number of hydrogen-bond acceptors (Lipinski definition) is 12. The molecule has 0 spiro atoms. The number of aromatic nitrogens is 3. The van der Waals surface area contributed by atoms with Crippen molar-refractivity contribution in [3.8, 4) is 6.01 Å². The highest BCUT2D eigenvalue weighted by molar-refractivity contribution is 6.36. The van der Waals surface area contributed by atoms with Gasteiger partial charge in [-0.05, 0) is 72.4 Å². The molecule has 0 saturated heterocycles. The first kappa shape index (κ1) is 39.4. The predicted octanol–water partition coefficient (Wildman–Crippen LogP) is 4.36. The van der Waals surface area contributed by atoms with Crippen LogP contribution in [0, 0.1) is 0 Å². The molecule has 0 aliphatic heterocycles. The van der Waals surface area contributed by atoms with Crippen molar-refractivity contribution in [2.24, 2.45) is 5.73 Å². The van der Waals surface area contributed by atoms with Crippen LogP contribution in [0.4, 0.5) is 30.8 Å². The van der Waals surface area contributed by atoms with Crippen LogP contribution in [0.5, 0.6) is 6.01 Å². The number of amides is 2. The van der Waals surface area contributed by atoms with E-state index in [0.29, 0.717) is 29.1 Å². The van der Waals surface area contributed by atoms with Crippen molar-refractivity contribution in [1.82, 2.24) is 25.6 Å². The minimum atomic E-state index is -4.64. The van der Waals surface area contributed by atoms with E-state index < -0.39 is 53.9 Å². The highest BCUT2D eigenvalue weighted by atomic mass is 35.5. The zero-order valence-corrected chi connectivity index (χ0v) is 29.6. The molecule has 1 aliphatic rings. The second-order valence-corrected chi connectivity index (χ2v) is 12.7. The van der Waals surface area contributed by atoms with Crippen LogP contribution in [-0.2, 0) is 37.6 Å². The summed E-state index contributed by atoms with van der Waals surface area (Å²) in [6, 6.07) is 18.2. The lowest BCUT2D eigenvalue weighted by atomic mass is 10.1. The Morgan fingerprint density at radius 3 is 2.28 bits per heavy atom. The molecule has 0 radical (unpaired) electrons. The Hall–Kier alpha value is -5.81. The van der Waals surface area contributed by atoms with Gasteiger partial charge < -0.3 is 36.5 Å². The molecule has 14 nitrogen and oxygen atoms in total. The third-order valence-electron chi connectivity index (χ3n) is 8.24. The zero-order chi connectivity index (χ0) is 38.9. The number of anilines is 3. The zero-order valence-electron chi connectivity index (χ0n) is 28.8. The molecule has 1 saturated carbocycles. The largest absolute Gasteiger partial charge is 0.467 e. The Morgan fingerprint density at radius 1 is 0.944 bits per heavy atom. The molecule has 18 heteroatoms. The number of alkyl halides is 3. The number of carbonyl (C=O) groups excluding carboxylic acids is 4. The van der Waals surface area contributed by atoms with Crippen LogP contribution in [0.1, 0.15) is 46.3 Å². The molecule has 4 aromatic rings. The van der Waals surface area contributed by atoms with E-state index in [0.717, 1.165) is 18.2 Å². The highest BCUT2D eigenvalue weighted by Crippen LogP contribution is 2.48. The van der Waals surface area contributed by atoms with E-state index in [9.17, 15) is 32.3 Å². The van der Waals surface area contributed by atoms with Gasteiger partial charge in [-0.3, -0.25) is 14.4 Å². The van der Waals surface area contributed by atoms with Gasteiger partial charge in [-0.2, -0.15) is 28.1 Å². The lowest BCUT2D eigenvalue weighted by Crippen LogP contribution is -2.44. The van der Waals surface area contributed by atoms with Gasteiger partial charge in [0.1, 0.15) is 6.04 Å². The van der Waals surface area contributed by atoms with E-state index >= 15 is 0 Å². The Kier molecular flexibility index (Phi) is 12.7. The lowest BCUT2D eigenvalue weighted by molar-refractivity contribution is -0.154. The maximum Gasteiger partial charge on any atom is 0.422 e. The summed E-state index contributed by atoms with van der Waals surface area (Å²) in [5, 5.41) is 11.6. The minimum Gasteiger partial charge on any atom is -0.467 e. The molecule has 1 aliphatic carbocycles. The standard InChI is InChI=1S/C36H36ClF3N8O6/c1-53-31(52)27(13-16-42-30(51)28(49)18-21-3-2-4-22(17-21)19-41)44-29(50)23-5-11-26(12-6-23)43-32-45-33(47-34(46-32)54-20-36(38,39)40)48-35(14-15-35)24-7-9-25(37)10-8-24/h2-12,17,27H,13-16,18-20,41H2,1H3,(H,42,51)(H,44,50)(H2,43,45,46,47,48)/t27-/m0/s1. The molecule has 1 aromatic heterocycles. The van der Waals surface area contributed by atoms with Crippen LogP contribution in [0.25, 0.3) is 0 Å². The number of carbonyl (C=O) groups is 4. The number of nitrogens with two attached hydrogens (primary N) is 1. The smallest absolute Gasteiger partial charge is 0.422 e. The molecular formula is C36H36ClF3N8O6. The van der Waals surface area contributed by atoms with E-state index in [4.69, 9.17) is 26.8 Å². The van der Waals surface area contributed by atoms with E-state index in [1.807, 2.05) is 12.1 Å². The monoisotopic (exact) mass is 768 g/mol. The van der Waals surface area contributed by atoms with Gasteiger partial charge in [-0.15, -0.1) is 0 Å². The van der Waals surface area contributed by atoms with Gasteiger partial charge in [-0.1, -0.05) is 48.0 Å². The molecule has 6 N–H and O–H groups in total. The first-order chi connectivity index (χ1) is 25.8. The normalized spacial score (nSPS) is 13.6. The number of halogens is 4. The molecule has 3 aromatic carbocycles. The summed E-state index contributed by atoms with van der Waals surface area (Å²) >= 11 is 6.03. The molecule has 2 amide bonds. The van der Waals surface area contributed by atoms with Crippen LogP contribution < -0.4 is 31.7 Å². The number of Topliss-reactive ketones (excluding diaryl/α,β-unsaturated/α-hetero) is 1. The van der Waals surface area contributed by atoms with Crippen LogP contribution in [-0.4, -0.2) is 71.0 Å². The molecule has 0 bridgehead atoms. The summed E-state index contributed by atoms with van der Waals surface area (Å²) in [5.41, 5.74) is 7.91. The van der Waals surface area contributed by atoms with Crippen LogP contribution in [0.3, 0.4) is 0 Å². The lowest BCUT2D eigenvalue weighted by Gasteiger charge is -2.19. The van der Waals surface area contributed by atoms with Gasteiger partial charge >= 0.3 is 18.2 Å². The van der Waals surface area contributed by atoms with Gasteiger partial charge in [-0.25, -0.2) is 4.79 Å². The van der Waals surface area contributed by atoms with Gasteiger partial charge in [0.2, 0.25) is 17.7 Å². The predicted molar refractivity (Wildman–Crippen MR) is 191 cm³/mol. The summed E-state index contributed by atoms with van der Waals surface area (Å²) in [4.78, 5) is 62.7. The number of hydrogen-bond donors (Lipinski definition) is 5. The Labute approximate surface area is 312 Å². The number of ether oxygens (including phenoxy) is 2. The second kappa shape index (κ2) is 17.3. The van der Waals surface area contributed by atoms with Crippen molar-refractivity contribution < 1.29 is 41.8 Å². The maximum atomic E-state index is 13.1. The molecule has 5 rings (SSSR count). The number of esters is 1. The molecule has 54 heavy (non-hydrogen) atoms. The maximum absolute atomic E-state index is 13.1.